The number of esters is 3. The second-order valence-corrected chi connectivity index (χ2v) is 18.1. The van der Waals surface area contributed by atoms with Crippen LogP contribution in [-0.4, -0.2) is 37.2 Å². The first-order valence-electron chi connectivity index (χ1n) is 27.0. The summed E-state index contributed by atoms with van der Waals surface area (Å²) in [6.07, 6.45) is 60.2. The summed E-state index contributed by atoms with van der Waals surface area (Å²) in [6.45, 7) is 6.56. The van der Waals surface area contributed by atoms with Crippen LogP contribution >= 0.6 is 0 Å². The first kappa shape index (κ1) is 59.6. The molecule has 0 fully saturated rings. The molecule has 0 saturated carbocycles. The predicted molar refractivity (Wildman–Crippen MR) is 266 cm³/mol. The van der Waals surface area contributed by atoms with Gasteiger partial charge in [-0.2, -0.15) is 0 Å². The van der Waals surface area contributed by atoms with Crippen molar-refractivity contribution in [2.45, 2.75) is 290 Å². The van der Waals surface area contributed by atoms with Crippen LogP contribution in [0.25, 0.3) is 0 Å². The van der Waals surface area contributed by atoms with Gasteiger partial charge in [-0.15, -0.1) is 0 Å². The molecule has 0 aromatic carbocycles. The largest absolute Gasteiger partial charge is 0.462 e. The first-order valence-corrected chi connectivity index (χ1v) is 27.0. The smallest absolute Gasteiger partial charge is 0.306 e. The molecule has 0 amide bonds. The average Bonchev–Trinajstić information content (AvgIpc) is 3.27. The molecule has 6 nitrogen and oxygen atoms in total. The second-order valence-electron chi connectivity index (χ2n) is 18.1. The van der Waals surface area contributed by atoms with E-state index in [-0.39, 0.29) is 31.1 Å². The van der Waals surface area contributed by atoms with E-state index in [4.69, 9.17) is 14.2 Å². The standard InChI is InChI=1S/C56H102O6/c1-4-7-10-13-16-18-20-22-23-24-25-26-27-28-29-30-31-32-33-35-36-38-40-43-46-49-55(58)61-52-53(51-60-54(57)48-45-42-15-12-9-6-3)62-56(59)50-47-44-41-39-37-34-21-19-17-14-11-8-5-2/h19-22,24-25,53H,4-18,23,26-52H2,1-3H3/b21-19-,22-20-,25-24-. The van der Waals surface area contributed by atoms with Crippen LogP contribution in [0.1, 0.15) is 284 Å². The molecule has 0 saturated heterocycles. The van der Waals surface area contributed by atoms with Crippen LogP contribution in [-0.2, 0) is 28.6 Å². The van der Waals surface area contributed by atoms with Crippen LogP contribution in [0.5, 0.6) is 0 Å². The lowest BCUT2D eigenvalue weighted by molar-refractivity contribution is -0.167. The van der Waals surface area contributed by atoms with Gasteiger partial charge in [0.15, 0.2) is 6.10 Å². The van der Waals surface area contributed by atoms with E-state index in [9.17, 15) is 14.4 Å². The van der Waals surface area contributed by atoms with Crippen LogP contribution in [0.2, 0.25) is 0 Å². The van der Waals surface area contributed by atoms with Crippen molar-refractivity contribution in [3.05, 3.63) is 36.5 Å². The van der Waals surface area contributed by atoms with Gasteiger partial charge in [-0.1, -0.05) is 224 Å². The third-order valence-electron chi connectivity index (χ3n) is 11.9. The Labute approximate surface area is 385 Å². The Morgan fingerprint density at radius 1 is 0.323 bits per heavy atom. The van der Waals surface area contributed by atoms with E-state index in [1.54, 1.807) is 0 Å². The Balaban J connectivity index is 4.08. The number of unbranched alkanes of at least 4 members (excludes halogenated alkanes) is 32. The van der Waals surface area contributed by atoms with Crippen molar-refractivity contribution >= 4 is 17.9 Å². The van der Waals surface area contributed by atoms with E-state index in [1.165, 1.54) is 173 Å². The third kappa shape index (κ3) is 48.7. The quantitative estimate of drug-likeness (QED) is 0.0262. The van der Waals surface area contributed by atoms with Crippen molar-refractivity contribution in [3.63, 3.8) is 0 Å². The SMILES string of the molecule is CCCCCC/C=C\CCCCCCCC(=O)OC(COC(=O)CCCCCCCC)COC(=O)CCCCCCCCCCCCCCC/C=C\C/C=C\CCCCCCC. The maximum atomic E-state index is 12.7. The minimum absolute atomic E-state index is 0.0736. The minimum Gasteiger partial charge on any atom is -0.462 e. The number of carbonyl (C=O) groups excluding carboxylic acids is 3. The van der Waals surface area contributed by atoms with Gasteiger partial charge in [0, 0.05) is 19.3 Å². The molecule has 0 spiro atoms. The molecule has 0 N–H and O–H groups in total. The van der Waals surface area contributed by atoms with E-state index >= 15 is 0 Å². The Hall–Kier alpha value is -2.37. The van der Waals surface area contributed by atoms with E-state index in [0.29, 0.717) is 19.3 Å². The molecule has 362 valence electrons. The third-order valence-corrected chi connectivity index (χ3v) is 11.9. The molecule has 0 rings (SSSR count). The Morgan fingerprint density at radius 2 is 0.581 bits per heavy atom. The van der Waals surface area contributed by atoms with Crippen molar-refractivity contribution in [3.8, 4) is 0 Å². The molecule has 6 heteroatoms. The van der Waals surface area contributed by atoms with Crippen LogP contribution in [0.4, 0.5) is 0 Å². The van der Waals surface area contributed by atoms with Crippen LogP contribution < -0.4 is 0 Å². The Morgan fingerprint density at radius 3 is 0.919 bits per heavy atom. The van der Waals surface area contributed by atoms with Crippen molar-refractivity contribution in [1.29, 1.82) is 0 Å². The predicted octanol–water partition coefficient (Wildman–Crippen LogP) is 17.7. The van der Waals surface area contributed by atoms with E-state index < -0.39 is 6.10 Å². The molecule has 0 aromatic rings. The van der Waals surface area contributed by atoms with Gasteiger partial charge in [0.2, 0.25) is 0 Å². The highest BCUT2D eigenvalue weighted by atomic mass is 16.6. The number of rotatable bonds is 49. The summed E-state index contributed by atoms with van der Waals surface area (Å²) in [7, 11) is 0. The normalized spacial score (nSPS) is 12.2. The topological polar surface area (TPSA) is 78.9 Å². The summed E-state index contributed by atoms with van der Waals surface area (Å²) < 4.78 is 16.7. The maximum absolute atomic E-state index is 12.7. The minimum atomic E-state index is -0.770. The maximum Gasteiger partial charge on any atom is 0.306 e. The van der Waals surface area contributed by atoms with Crippen molar-refractivity contribution in [2.24, 2.45) is 0 Å². The lowest BCUT2D eigenvalue weighted by Crippen LogP contribution is -2.30. The van der Waals surface area contributed by atoms with Gasteiger partial charge in [-0.3, -0.25) is 14.4 Å². The van der Waals surface area contributed by atoms with Crippen molar-refractivity contribution in [1.82, 2.24) is 0 Å². The van der Waals surface area contributed by atoms with E-state index in [1.807, 2.05) is 0 Å². The molecule has 1 unspecified atom stereocenters. The molecule has 0 aliphatic heterocycles. The van der Waals surface area contributed by atoms with Gasteiger partial charge in [-0.05, 0) is 77.0 Å². The zero-order valence-electron chi connectivity index (χ0n) is 41.4. The fraction of sp³-hybridized carbons (Fsp3) is 0.839. The first-order chi connectivity index (χ1) is 30.5. The zero-order valence-corrected chi connectivity index (χ0v) is 41.4. The van der Waals surface area contributed by atoms with E-state index in [0.717, 1.165) is 70.6 Å². The molecule has 1 atom stereocenters. The van der Waals surface area contributed by atoms with Crippen LogP contribution in [0, 0.1) is 0 Å². The summed E-state index contributed by atoms with van der Waals surface area (Å²) >= 11 is 0. The number of hydrogen-bond acceptors (Lipinski definition) is 6. The molecule has 0 bridgehead atoms. The fourth-order valence-corrected chi connectivity index (χ4v) is 7.76. The monoisotopic (exact) mass is 871 g/mol. The molecule has 0 aliphatic rings. The lowest BCUT2D eigenvalue weighted by Gasteiger charge is -2.18. The Kier molecular flexibility index (Phi) is 49.3. The molecule has 0 aliphatic carbocycles. The molecule has 0 heterocycles. The Bertz CT molecular complexity index is 1050. The summed E-state index contributed by atoms with van der Waals surface area (Å²) in [6, 6.07) is 0. The van der Waals surface area contributed by atoms with Crippen molar-refractivity contribution in [2.75, 3.05) is 13.2 Å². The molecular formula is C56H102O6. The number of hydrogen-bond donors (Lipinski definition) is 0. The zero-order chi connectivity index (χ0) is 45.1. The van der Waals surface area contributed by atoms with Gasteiger partial charge in [0.05, 0.1) is 0 Å². The highest BCUT2D eigenvalue weighted by Crippen LogP contribution is 2.15. The van der Waals surface area contributed by atoms with Crippen molar-refractivity contribution < 1.29 is 28.6 Å². The summed E-state index contributed by atoms with van der Waals surface area (Å²) in [5.74, 6) is -0.884. The second kappa shape index (κ2) is 51.3. The summed E-state index contributed by atoms with van der Waals surface area (Å²) in [5.41, 5.74) is 0. The van der Waals surface area contributed by atoms with Gasteiger partial charge in [0.25, 0.3) is 0 Å². The highest BCUT2D eigenvalue weighted by molar-refractivity contribution is 5.71. The molecular weight excluding hydrogens is 769 g/mol. The van der Waals surface area contributed by atoms with E-state index in [2.05, 4.69) is 57.2 Å². The van der Waals surface area contributed by atoms with Gasteiger partial charge < -0.3 is 14.2 Å². The fourth-order valence-electron chi connectivity index (χ4n) is 7.76. The summed E-state index contributed by atoms with van der Waals surface area (Å²) in [4.78, 5) is 37.7. The number of ether oxygens (including phenoxy) is 3. The number of carbonyl (C=O) groups is 3. The molecule has 0 aromatic heterocycles. The molecule has 62 heavy (non-hydrogen) atoms. The van der Waals surface area contributed by atoms with Gasteiger partial charge in [-0.25, -0.2) is 0 Å². The van der Waals surface area contributed by atoms with Crippen LogP contribution in [0.15, 0.2) is 36.5 Å². The number of allylic oxidation sites excluding steroid dienone is 6. The van der Waals surface area contributed by atoms with Gasteiger partial charge >= 0.3 is 17.9 Å². The highest BCUT2D eigenvalue weighted by Gasteiger charge is 2.19. The van der Waals surface area contributed by atoms with Gasteiger partial charge in [0.1, 0.15) is 13.2 Å². The molecule has 0 radical (unpaired) electrons. The average molecular weight is 871 g/mol. The lowest BCUT2D eigenvalue weighted by atomic mass is 10.0. The summed E-state index contributed by atoms with van der Waals surface area (Å²) in [5, 5.41) is 0. The van der Waals surface area contributed by atoms with Crippen LogP contribution in [0.3, 0.4) is 0 Å².